The number of rotatable bonds is 2. The van der Waals surface area contributed by atoms with E-state index in [9.17, 15) is 8.42 Å². The number of aryl methyl sites for hydroxylation is 2. The summed E-state index contributed by atoms with van der Waals surface area (Å²) in [5.41, 5.74) is 2.29. The number of sulfonamides is 1. The Morgan fingerprint density at radius 2 is 1.90 bits per heavy atom. The molecule has 114 valence electrons. The molecule has 0 saturated carbocycles. The molecule has 1 aromatic rings. The van der Waals surface area contributed by atoms with Crippen LogP contribution in [0.15, 0.2) is 23.1 Å². The lowest BCUT2D eigenvalue weighted by Gasteiger charge is -2.48. The lowest BCUT2D eigenvalue weighted by atomic mass is 9.87. The number of fused-ring (bicyclic) bond motifs is 1. The molecule has 1 aromatic carbocycles. The summed E-state index contributed by atoms with van der Waals surface area (Å²) in [5.74, 6) is 0. The van der Waals surface area contributed by atoms with Gasteiger partial charge in [0.25, 0.3) is 0 Å². The van der Waals surface area contributed by atoms with Crippen molar-refractivity contribution >= 4 is 10.0 Å². The van der Waals surface area contributed by atoms with Crippen LogP contribution >= 0.6 is 0 Å². The monoisotopic (exact) mass is 307 g/mol. The Bertz CT molecular complexity index is 662. The van der Waals surface area contributed by atoms with E-state index in [1.54, 1.807) is 10.4 Å². The Morgan fingerprint density at radius 1 is 1.10 bits per heavy atom. The predicted molar refractivity (Wildman–Crippen MR) is 79.8 cm³/mol. The molecule has 0 radical (unpaired) electrons. The Labute approximate surface area is 126 Å². The highest BCUT2D eigenvalue weighted by Gasteiger charge is 2.53. The molecule has 1 atom stereocenters. The Balaban J connectivity index is 1.68. The fraction of sp³-hybridized carbons (Fsp3) is 0.625. The average Bonchev–Trinajstić information content (AvgIpc) is 2.97. The van der Waals surface area contributed by atoms with Crippen LogP contribution in [0.2, 0.25) is 0 Å². The number of hydrogen-bond donors (Lipinski definition) is 0. The highest BCUT2D eigenvalue weighted by Crippen LogP contribution is 2.42. The van der Waals surface area contributed by atoms with Crippen molar-refractivity contribution in [3.63, 3.8) is 0 Å². The first-order valence-electron chi connectivity index (χ1n) is 7.84. The maximum Gasteiger partial charge on any atom is 0.243 e. The lowest BCUT2D eigenvalue weighted by Crippen LogP contribution is -2.62. The van der Waals surface area contributed by atoms with Gasteiger partial charge < -0.3 is 4.74 Å². The van der Waals surface area contributed by atoms with Gasteiger partial charge in [-0.15, -0.1) is 0 Å². The molecule has 2 fully saturated rings. The number of hydrogen-bond acceptors (Lipinski definition) is 3. The molecule has 5 heteroatoms. The third kappa shape index (κ3) is 2.05. The summed E-state index contributed by atoms with van der Waals surface area (Å²) in [4.78, 5) is 0.467. The van der Waals surface area contributed by atoms with E-state index in [2.05, 4.69) is 0 Å². The maximum atomic E-state index is 12.9. The largest absolute Gasteiger partial charge is 0.379 e. The first-order valence-corrected chi connectivity index (χ1v) is 9.28. The molecule has 21 heavy (non-hydrogen) atoms. The second kappa shape index (κ2) is 4.80. The van der Waals surface area contributed by atoms with Gasteiger partial charge >= 0.3 is 0 Å². The topological polar surface area (TPSA) is 46.6 Å². The minimum atomic E-state index is -3.37. The van der Waals surface area contributed by atoms with Crippen LogP contribution in [-0.2, 0) is 27.6 Å². The van der Waals surface area contributed by atoms with E-state index in [1.807, 2.05) is 12.1 Å². The average molecular weight is 307 g/mol. The van der Waals surface area contributed by atoms with E-state index in [0.717, 1.165) is 32.1 Å². The first-order chi connectivity index (χ1) is 10.1. The standard InChI is InChI=1S/C16H21NO3S/c18-21(19,17-9-7-16(17)8-10-20-12-16)15-6-5-13-3-1-2-4-14(13)11-15/h5-6,11H,1-4,7-10,12H2. The smallest absolute Gasteiger partial charge is 0.243 e. The second-order valence-corrected chi connectivity index (χ2v) is 8.35. The van der Waals surface area contributed by atoms with Gasteiger partial charge in [-0.3, -0.25) is 0 Å². The summed E-state index contributed by atoms with van der Waals surface area (Å²) in [7, 11) is -3.37. The van der Waals surface area contributed by atoms with Crippen LogP contribution in [0.3, 0.4) is 0 Å². The molecule has 0 bridgehead atoms. The molecule has 2 aliphatic heterocycles. The highest BCUT2D eigenvalue weighted by atomic mass is 32.2. The van der Waals surface area contributed by atoms with Crippen LogP contribution in [-0.4, -0.2) is 38.0 Å². The fourth-order valence-corrected chi connectivity index (χ4v) is 5.74. The molecule has 0 amide bonds. The Hall–Kier alpha value is -0.910. The molecule has 0 aromatic heterocycles. The van der Waals surface area contributed by atoms with Crippen LogP contribution in [0.4, 0.5) is 0 Å². The van der Waals surface area contributed by atoms with Gasteiger partial charge in [0, 0.05) is 13.2 Å². The van der Waals surface area contributed by atoms with Crippen molar-refractivity contribution in [2.75, 3.05) is 19.8 Å². The predicted octanol–water partition coefficient (Wildman–Crippen LogP) is 2.12. The maximum absolute atomic E-state index is 12.9. The quantitative estimate of drug-likeness (QED) is 0.841. The third-order valence-electron chi connectivity index (χ3n) is 5.30. The van der Waals surface area contributed by atoms with Gasteiger partial charge in [0.15, 0.2) is 0 Å². The normalized spacial score (nSPS) is 29.3. The van der Waals surface area contributed by atoms with Crippen molar-refractivity contribution in [2.24, 2.45) is 0 Å². The summed E-state index contributed by atoms with van der Waals surface area (Å²) in [6.45, 7) is 1.86. The van der Waals surface area contributed by atoms with Crippen molar-refractivity contribution in [1.82, 2.24) is 4.31 Å². The highest BCUT2D eigenvalue weighted by molar-refractivity contribution is 7.89. The van der Waals surface area contributed by atoms with E-state index < -0.39 is 10.0 Å². The summed E-state index contributed by atoms with van der Waals surface area (Å²) >= 11 is 0. The molecule has 4 rings (SSSR count). The zero-order chi connectivity index (χ0) is 14.5. The van der Waals surface area contributed by atoms with Gasteiger partial charge in [-0.05, 0) is 61.8 Å². The van der Waals surface area contributed by atoms with E-state index >= 15 is 0 Å². The molecule has 1 aliphatic carbocycles. The molecular formula is C16H21NO3S. The van der Waals surface area contributed by atoms with Gasteiger partial charge in [-0.25, -0.2) is 8.42 Å². The Morgan fingerprint density at radius 3 is 2.57 bits per heavy atom. The Kier molecular flexibility index (Phi) is 3.14. The zero-order valence-corrected chi connectivity index (χ0v) is 13.0. The number of benzene rings is 1. The first kappa shape index (κ1) is 13.7. The lowest BCUT2D eigenvalue weighted by molar-refractivity contribution is 0.0525. The second-order valence-electron chi connectivity index (χ2n) is 6.49. The van der Waals surface area contributed by atoms with E-state index in [-0.39, 0.29) is 5.54 Å². The van der Waals surface area contributed by atoms with Crippen LogP contribution in [0.1, 0.15) is 36.8 Å². The van der Waals surface area contributed by atoms with Gasteiger partial charge in [0.1, 0.15) is 0 Å². The molecule has 4 nitrogen and oxygen atoms in total. The van der Waals surface area contributed by atoms with Crippen LogP contribution in [0, 0.1) is 0 Å². The number of nitrogens with zero attached hydrogens (tertiary/aromatic N) is 1. The SMILES string of the molecule is O=S(=O)(c1ccc2c(c1)CCCC2)N1CCC12CCOC2. The summed E-state index contributed by atoms with van der Waals surface area (Å²) in [6.07, 6.45) is 6.22. The molecule has 3 aliphatic rings. The van der Waals surface area contributed by atoms with Crippen LogP contribution in [0.5, 0.6) is 0 Å². The van der Waals surface area contributed by atoms with Crippen LogP contribution in [0.25, 0.3) is 0 Å². The zero-order valence-electron chi connectivity index (χ0n) is 12.2. The minimum Gasteiger partial charge on any atom is -0.379 e. The van der Waals surface area contributed by atoms with E-state index in [4.69, 9.17) is 4.74 Å². The van der Waals surface area contributed by atoms with Crippen molar-refractivity contribution < 1.29 is 13.2 Å². The molecular weight excluding hydrogens is 286 g/mol. The van der Waals surface area contributed by atoms with Crippen molar-refractivity contribution in [1.29, 1.82) is 0 Å². The van der Waals surface area contributed by atoms with Gasteiger partial charge in [-0.1, -0.05) is 6.07 Å². The molecule has 1 unspecified atom stereocenters. The summed E-state index contributed by atoms with van der Waals surface area (Å²) in [5, 5.41) is 0. The number of ether oxygens (including phenoxy) is 1. The van der Waals surface area contributed by atoms with Crippen molar-refractivity contribution in [3.05, 3.63) is 29.3 Å². The summed E-state index contributed by atoms with van der Waals surface area (Å²) in [6, 6.07) is 5.71. The molecule has 1 spiro atoms. The fourth-order valence-electron chi connectivity index (χ4n) is 3.88. The van der Waals surface area contributed by atoms with E-state index in [0.29, 0.717) is 24.7 Å². The van der Waals surface area contributed by atoms with Gasteiger partial charge in [0.05, 0.1) is 17.0 Å². The van der Waals surface area contributed by atoms with E-state index in [1.165, 1.54) is 17.5 Å². The third-order valence-corrected chi connectivity index (χ3v) is 7.30. The summed E-state index contributed by atoms with van der Waals surface area (Å²) < 4.78 is 33.0. The van der Waals surface area contributed by atoms with Gasteiger partial charge in [0.2, 0.25) is 10.0 Å². The molecule has 2 heterocycles. The van der Waals surface area contributed by atoms with Crippen molar-refractivity contribution in [2.45, 2.75) is 49.0 Å². The van der Waals surface area contributed by atoms with Crippen LogP contribution < -0.4 is 0 Å². The van der Waals surface area contributed by atoms with Gasteiger partial charge in [-0.2, -0.15) is 4.31 Å². The minimum absolute atomic E-state index is 0.255. The van der Waals surface area contributed by atoms with Crippen molar-refractivity contribution in [3.8, 4) is 0 Å². The molecule has 0 N–H and O–H groups in total. The molecule has 2 saturated heterocycles.